The van der Waals surface area contributed by atoms with E-state index in [1.54, 1.807) is 0 Å². The summed E-state index contributed by atoms with van der Waals surface area (Å²) in [5.41, 5.74) is 2.58. The Labute approximate surface area is 110 Å². The molecule has 2 saturated heterocycles. The van der Waals surface area contributed by atoms with Gasteiger partial charge in [-0.2, -0.15) is 0 Å². The third-order valence-corrected chi connectivity index (χ3v) is 4.38. The first-order chi connectivity index (χ1) is 8.83. The van der Waals surface area contributed by atoms with Gasteiger partial charge in [-0.15, -0.1) is 0 Å². The maximum atomic E-state index is 4.53. The minimum absolute atomic E-state index is 0.802. The van der Waals surface area contributed by atoms with E-state index in [4.69, 9.17) is 0 Å². The summed E-state index contributed by atoms with van der Waals surface area (Å²) in [7, 11) is 0. The third-order valence-electron chi connectivity index (χ3n) is 4.38. The van der Waals surface area contributed by atoms with Gasteiger partial charge < -0.3 is 0 Å². The zero-order valence-electron chi connectivity index (χ0n) is 11.3. The number of fused-ring (bicyclic) bond motifs is 1. The fourth-order valence-electron chi connectivity index (χ4n) is 3.32. The molecule has 3 nitrogen and oxygen atoms in total. The Kier molecular flexibility index (Phi) is 3.62. The predicted octanol–water partition coefficient (Wildman–Crippen LogP) is 2.06. The molecule has 1 aromatic rings. The average molecular weight is 245 g/mol. The zero-order chi connectivity index (χ0) is 12.4. The molecule has 0 bridgehead atoms. The molecule has 3 heterocycles. The molecule has 98 valence electrons. The molecule has 0 amide bonds. The van der Waals surface area contributed by atoms with Crippen molar-refractivity contribution in [3.63, 3.8) is 0 Å². The van der Waals surface area contributed by atoms with E-state index in [1.165, 1.54) is 56.7 Å². The number of hydrogen-bond donors (Lipinski definition) is 0. The topological polar surface area (TPSA) is 19.4 Å². The van der Waals surface area contributed by atoms with Crippen LogP contribution in [-0.2, 0) is 6.54 Å². The molecule has 18 heavy (non-hydrogen) atoms. The first kappa shape index (κ1) is 12.1. The maximum Gasteiger partial charge on any atom is 0.0573 e. The Balaban J connectivity index is 1.67. The van der Waals surface area contributed by atoms with Crippen LogP contribution in [0.4, 0.5) is 0 Å². The molecule has 2 aliphatic heterocycles. The molecule has 1 atom stereocenters. The van der Waals surface area contributed by atoms with Crippen molar-refractivity contribution in [1.29, 1.82) is 0 Å². The summed E-state index contributed by atoms with van der Waals surface area (Å²) in [5.74, 6) is 0. The predicted molar refractivity (Wildman–Crippen MR) is 73.5 cm³/mol. The van der Waals surface area contributed by atoms with E-state index in [2.05, 4.69) is 27.8 Å². The highest BCUT2D eigenvalue weighted by Crippen LogP contribution is 2.22. The minimum Gasteiger partial charge on any atom is -0.299 e. The van der Waals surface area contributed by atoms with Gasteiger partial charge in [0.05, 0.1) is 5.69 Å². The number of pyridine rings is 1. The molecule has 1 aromatic heterocycles. The van der Waals surface area contributed by atoms with E-state index in [9.17, 15) is 0 Å². The second kappa shape index (κ2) is 5.37. The Hall–Kier alpha value is -0.930. The smallest absolute Gasteiger partial charge is 0.0573 e. The molecular weight excluding hydrogens is 222 g/mol. The fourth-order valence-corrected chi connectivity index (χ4v) is 3.32. The monoisotopic (exact) mass is 245 g/mol. The van der Waals surface area contributed by atoms with Crippen molar-refractivity contribution in [3.8, 4) is 0 Å². The van der Waals surface area contributed by atoms with Crippen LogP contribution in [0.2, 0.25) is 0 Å². The minimum atomic E-state index is 0.802. The molecule has 2 fully saturated rings. The largest absolute Gasteiger partial charge is 0.299 e. The lowest BCUT2D eigenvalue weighted by Crippen LogP contribution is -2.36. The summed E-state index contributed by atoms with van der Waals surface area (Å²) < 4.78 is 0. The van der Waals surface area contributed by atoms with Gasteiger partial charge in [0, 0.05) is 25.3 Å². The lowest BCUT2D eigenvalue weighted by molar-refractivity contribution is 0.214. The summed E-state index contributed by atoms with van der Waals surface area (Å²) in [6, 6.07) is 5.00. The Morgan fingerprint density at radius 3 is 3.06 bits per heavy atom. The van der Waals surface area contributed by atoms with Gasteiger partial charge in [-0.05, 0) is 57.5 Å². The van der Waals surface area contributed by atoms with Crippen LogP contribution in [0.1, 0.15) is 30.5 Å². The van der Waals surface area contributed by atoms with Gasteiger partial charge in [-0.1, -0.05) is 6.07 Å². The average Bonchev–Trinajstić information content (AvgIpc) is 2.71. The van der Waals surface area contributed by atoms with Crippen LogP contribution in [-0.4, -0.2) is 47.0 Å². The molecule has 2 aliphatic rings. The molecular formula is C15H23N3. The lowest BCUT2D eigenvalue weighted by atomic mass is 10.2. The van der Waals surface area contributed by atoms with E-state index in [-0.39, 0.29) is 0 Å². The molecule has 0 saturated carbocycles. The van der Waals surface area contributed by atoms with E-state index >= 15 is 0 Å². The highest BCUT2D eigenvalue weighted by atomic mass is 15.3. The number of aryl methyl sites for hydroxylation is 1. The number of nitrogens with zero attached hydrogens (tertiary/aromatic N) is 3. The summed E-state index contributed by atoms with van der Waals surface area (Å²) >= 11 is 0. The third kappa shape index (κ3) is 2.57. The van der Waals surface area contributed by atoms with Gasteiger partial charge in [-0.25, -0.2) is 0 Å². The van der Waals surface area contributed by atoms with Gasteiger partial charge in [0.25, 0.3) is 0 Å². The highest BCUT2D eigenvalue weighted by Gasteiger charge is 2.28. The molecule has 0 aromatic carbocycles. The Bertz CT molecular complexity index is 404. The molecule has 0 radical (unpaired) electrons. The number of rotatable bonds is 2. The van der Waals surface area contributed by atoms with Crippen molar-refractivity contribution < 1.29 is 0 Å². The van der Waals surface area contributed by atoms with Gasteiger partial charge in [0.2, 0.25) is 0 Å². The molecule has 3 heteroatoms. The quantitative estimate of drug-likeness (QED) is 0.795. The summed E-state index contributed by atoms with van der Waals surface area (Å²) in [6.45, 7) is 8.27. The second-order valence-electron chi connectivity index (χ2n) is 5.69. The van der Waals surface area contributed by atoms with Crippen molar-refractivity contribution in [2.45, 2.75) is 38.8 Å². The zero-order valence-corrected chi connectivity index (χ0v) is 11.3. The van der Waals surface area contributed by atoms with Crippen LogP contribution in [0.25, 0.3) is 0 Å². The SMILES string of the molecule is Cc1cccnc1CN1CCCN2CCCC2C1. The van der Waals surface area contributed by atoms with E-state index < -0.39 is 0 Å². The number of hydrogen-bond acceptors (Lipinski definition) is 3. The highest BCUT2D eigenvalue weighted by molar-refractivity contribution is 5.17. The van der Waals surface area contributed by atoms with Crippen LogP contribution in [0.5, 0.6) is 0 Å². The molecule has 0 aliphatic carbocycles. The molecule has 0 N–H and O–H groups in total. The van der Waals surface area contributed by atoms with Crippen molar-refractivity contribution in [3.05, 3.63) is 29.6 Å². The van der Waals surface area contributed by atoms with Crippen LogP contribution < -0.4 is 0 Å². The van der Waals surface area contributed by atoms with E-state index in [0.717, 1.165) is 12.6 Å². The van der Waals surface area contributed by atoms with Gasteiger partial charge in [-0.3, -0.25) is 14.8 Å². The lowest BCUT2D eigenvalue weighted by Gasteiger charge is -2.25. The van der Waals surface area contributed by atoms with Gasteiger partial charge in [0.1, 0.15) is 0 Å². The molecule has 0 spiro atoms. The van der Waals surface area contributed by atoms with Gasteiger partial charge >= 0.3 is 0 Å². The second-order valence-corrected chi connectivity index (χ2v) is 5.69. The summed E-state index contributed by atoms with van der Waals surface area (Å²) in [4.78, 5) is 9.82. The van der Waals surface area contributed by atoms with Crippen LogP contribution >= 0.6 is 0 Å². The standard InChI is InChI=1S/C15H23N3/c1-13-5-2-7-16-15(13)12-17-8-4-10-18-9-3-6-14(18)11-17/h2,5,7,14H,3-4,6,8-12H2,1H3. The normalized spacial score (nSPS) is 25.9. The van der Waals surface area contributed by atoms with Crippen LogP contribution in [0.15, 0.2) is 18.3 Å². The van der Waals surface area contributed by atoms with Gasteiger partial charge in [0.15, 0.2) is 0 Å². The van der Waals surface area contributed by atoms with E-state index in [0.29, 0.717) is 0 Å². The molecule has 1 unspecified atom stereocenters. The first-order valence-corrected chi connectivity index (χ1v) is 7.20. The maximum absolute atomic E-state index is 4.53. The Morgan fingerprint density at radius 2 is 2.17 bits per heavy atom. The van der Waals surface area contributed by atoms with E-state index in [1.807, 2.05) is 12.3 Å². The fraction of sp³-hybridized carbons (Fsp3) is 0.667. The van der Waals surface area contributed by atoms with Crippen LogP contribution in [0, 0.1) is 6.92 Å². The van der Waals surface area contributed by atoms with Crippen molar-refractivity contribution >= 4 is 0 Å². The number of aromatic nitrogens is 1. The van der Waals surface area contributed by atoms with Crippen molar-refractivity contribution in [2.75, 3.05) is 26.2 Å². The summed E-state index contributed by atoms with van der Waals surface area (Å²) in [5, 5.41) is 0. The Morgan fingerprint density at radius 1 is 1.28 bits per heavy atom. The van der Waals surface area contributed by atoms with Crippen molar-refractivity contribution in [2.24, 2.45) is 0 Å². The first-order valence-electron chi connectivity index (χ1n) is 7.20. The van der Waals surface area contributed by atoms with Crippen molar-refractivity contribution in [1.82, 2.24) is 14.8 Å². The molecule has 3 rings (SSSR count). The van der Waals surface area contributed by atoms with Crippen LogP contribution in [0.3, 0.4) is 0 Å². The summed E-state index contributed by atoms with van der Waals surface area (Å²) in [6.07, 6.45) is 6.00.